The zero-order chi connectivity index (χ0) is 21.3. The molecule has 0 spiro atoms. The highest BCUT2D eigenvalue weighted by molar-refractivity contribution is 7.90. The maximum atomic E-state index is 12.7. The van der Waals surface area contributed by atoms with E-state index in [4.69, 9.17) is 0 Å². The molecule has 1 N–H and O–H groups in total. The minimum absolute atomic E-state index is 0.0676. The molecule has 9 heteroatoms. The SMILES string of the molecule is CCCc1ccc(-c2nc(NC(=O)C3=CN4CCS(=O)(=O)N=C4C=C3)sc2C)cc1. The summed E-state index contributed by atoms with van der Waals surface area (Å²) in [6.45, 7) is 4.42. The van der Waals surface area contributed by atoms with Crippen LogP contribution in [-0.4, -0.2) is 42.3 Å². The third kappa shape index (κ3) is 4.36. The summed E-state index contributed by atoms with van der Waals surface area (Å²) in [7, 11) is -3.42. The topological polar surface area (TPSA) is 91.7 Å². The molecule has 2 aliphatic rings. The van der Waals surface area contributed by atoms with E-state index < -0.39 is 10.0 Å². The molecule has 0 atom stereocenters. The molecule has 3 heterocycles. The number of aryl methyl sites for hydroxylation is 2. The average molecular weight is 443 g/mol. The number of aromatic nitrogens is 1. The number of amidine groups is 1. The van der Waals surface area contributed by atoms with Gasteiger partial charge in [-0.25, -0.2) is 13.4 Å². The van der Waals surface area contributed by atoms with Crippen molar-refractivity contribution >= 4 is 38.2 Å². The van der Waals surface area contributed by atoms with Crippen molar-refractivity contribution in [3.63, 3.8) is 0 Å². The molecule has 30 heavy (non-hydrogen) atoms. The number of hydrogen-bond donors (Lipinski definition) is 1. The predicted octanol–water partition coefficient (Wildman–Crippen LogP) is 3.51. The first kappa shape index (κ1) is 20.5. The molecule has 7 nitrogen and oxygen atoms in total. The Morgan fingerprint density at radius 1 is 1.23 bits per heavy atom. The van der Waals surface area contributed by atoms with Crippen LogP contribution in [-0.2, 0) is 21.2 Å². The highest BCUT2D eigenvalue weighted by atomic mass is 32.2. The van der Waals surface area contributed by atoms with Gasteiger partial charge in [0, 0.05) is 23.2 Å². The number of nitrogens with one attached hydrogen (secondary N) is 1. The molecule has 0 radical (unpaired) electrons. The van der Waals surface area contributed by atoms with Crippen LogP contribution >= 0.6 is 11.3 Å². The number of fused-ring (bicyclic) bond motifs is 1. The lowest BCUT2D eigenvalue weighted by Gasteiger charge is -2.26. The van der Waals surface area contributed by atoms with Crippen LogP contribution in [0.15, 0.2) is 52.6 Å². The molecule has 1 aromatic heterocycles. The maximum absolute atomic E-state index is 12.7. The lowest BCUT2D eigenvalue weighted by Crippen LogP contribution is -2.37. The summed E-state index contributed by atoms with van der Waals surface area (Å²) in [5.41, 5.74) is 3.61. The molecule has 2 aromatic rings. The molecule has 1 aromatic carbocycles. The van der Waals surface area contributed by atoms with E-state index >= 15 is 0 Å². The molecule has 0 fully saturated rings. The Kier molecular flexibility index (Phi) is 5.57. The molecular weight excluding hydrogens is 420 g/mol. The van der Waals surface area contributed by atoms with Crippen molar-refractivity contribution in [2.24, 2.45) is 4.40 Å². The largest absolute Gasteiger partial charge is 0.330 e. The fourth-order valence-corrected chi connectivity index (χ4v) is 5.14. The minimum Gasteiger partial charge on any atom is -0.330 e. The number of thiazole rings is 1. The molecule has 0 unspecified atom stereocenters. The van der Waals surface area contributed by atoms with Crippen LogP contribution in [0.5, 0.6) is 0 Å². The van der Waals surface area contributed by atoms with Gasteiger partial charge in [-0.3, -0.25) is 10.1 Å². The van der Waals surface area contributed by atoms with Crippen molar-refractivity contribution in [1.82, 2.24) is 9.88 Å². The summed E-state index contributed by atoms with van der Waals surface area (Å²) in [6, 6.07) is 8.36. The van der Waals surface area contributed by atoms with Gasteiger partial charge in [-0.15, -0.1) is 15.7 Å². The van der Waals surface area contributed by atoms with Gasteiger partial charge in [-0.2, -0.15) is 0 Å². The lowest BCUT2D eigenvalue weighted by atomic mass is 10.1. The fourth-order valence-electron chi connectivity index (χ4n) is 3.34. The van der Waals surface area contributed by atoms with Crippen LogP contribution in [0.1, 0.15) is 23.8 Å². The van der Waals surface area contributed by atoms with Crippen molar-refractivity contribution in [1.29, 1.82) is 0 Å². The predicted molar refractivity (Wildman–Crippen MR) is 120 cm³/mol. The van der Waals surface area contributed by atoms with Crippen molar-refractivity contribution < 1.29 is 13.2 Å². The Hall–Kier alpha value is -2.78. The Balaban J connectivity index is 1.49. The Bertz CT molecular complexity index is 1180. The number of hydrogen-bond acceptors (Lipinski definition) is 6. The summed E-state index contributed by atoms with van der Waals surface area (Å²) in [5.74, 6) is -0.0315. The van der Waals surface area contributed by atoms with Crippen LogP contribution < -0.4 is 5.32 Å². The van der Waals surface area contributed by atoms with Crippen molar-refractivity contribution in [2.45, 2.75) is 26.7 Å². The maximum Gasteiger partial charge on any atom is 0.258 e. The first-order chi connectivity index (χ1) is 14.3. The monoisotopic (exact) mass is 442 g/mol. The molecule has 2 aliphatic heterocycles. The quantitative estimate of drug-likeness (QED) is 0.765. The number of amides is 1. The third-order valence-electron chi connectivity index (χ3n) is 4.87. The third-order valence-corrected chi connectivity index (χ3v) is 6.92. The number of benzene rings is 1. The minimum atomic E-state index is -3.42. The van der Waals surface area contributed by atoms with Gasteiger partial charge in [0.25, 0.3) is 15.9 Å². The summed E-state index contributed by atoms with van der Waals surface area (Å²) in [5, 5.41) is 3.38. The zero-order valence-electron chi connectivity index (χ0n) is 16.8. The Morgan fingerprint density at radius 3 is 2.73 bits per heavy atom. The van der Waals surface area contributed by atoms with Gasteiger partial charge < -0.3 is 4.90 Å². The van der Waals surface area contributed by atoms with Gasteiger partial charge in [0.2, 0.25) is 0 Å². The zero-order valence-corrected chi connectivity index (χ0v) is 18.4. The first-order valence-electron chi connectivity index (χ1n) is 9.72. The van der Waals surface area contributed by atoms with E-state index in [-0.39, 0.29) is 18.2 Å². The number of sulfonamides is 1. The van der Waals surface area contributed by atoms with Crippen molar-refractivity contribution in [2.75, 3.05) is 17.6 Å². The number of rotatable bonds is 5. The van der Waals surface area contributed by atoms with E-state index in [0.29, 0.717) is 16.5 Å². The smallest absolute Gasteiger partial charge is 0.258 e. The van der Waals surface area contributed by atoms with Gasteiger partial charge in [-0.05, 0) is 31.1 Å². The summed E-state index contributed by atoms with van der Waals surface area (Å²) in [6.07, 6.45) is 6.89. The lowest BCUT2D eigenvalue weighted by molar-refractivity contribution is -0.112. The van der Waals surface area contributed by atoms with E-state index in [9.17, 15) is 13.2 Å². The molecule has 0 bridgehead atoms. The molecule has 0 saturated carbocycles. The fraction of sp³-hybridized carbons (Fsp3) is 0.286. The highest BCUT2D eigenvalue weighted by Crippen LogP contribution is 2.31. The van der Waals surface area contributed by atoms with Gasteiger partial charge in [-0.1, -0.05) is 37.6 Å². The second kappa shape index (κ2) is 8.16. The standard InChI is InChI=1S/C21H22N4O3S2/c1-3-4-15-5-7-16(8-6-15)19-14(2)29-21(22-19)23-20(26)17-9-10-18-24-30(27,28)12-11-25(18)13-17/h5-10,13H,3-4,11-12H2,1-2H3,(H,22,23,26). The van der Waals surface area contributed by atoms with Crippen LogP contribution in [0, 0.1) is 6.92 Å². The normalized spacial score (nSPS) is 17.2. The van der Waals surface area contributed by atoms with E-state index in [1.54, 1.807) is 23.3 Å². The molecule has 156 valence electrons. The molecule has 0 aliphatic carbocycles. The van der Waals surface area contributed by atoms with E-state index in [1.807, 2.05) is 6.92 Å². The van der Waals surface area contributed by atoms with Crippen molar-refractivity contribution in [3.05, 3.63) is 58.6 Å². The van der Waals surface area contributed by atoms with Gasteiger partial charge >= 0.3 is 0 Å². The number of anilines is 1. The van der Waals surface area contributed by atoms with Gasteiger partial charge in [0.05, 0.1) is 17.0 Å². The van der Waals surface area contributed by atoms with Gasteiger partial charge in [0.15, 0.2) is 5.13 Å². The number of carbonyl (C=O) groups excluding carboxylic acids is 1. The first-order valence-corrected chi connectivity index (χ1v) is 12.1. The second-order valence-corrected chi connectivity index (χ2v) is 10.1. The molecule has 1 amide bonds. The molecule has 0 saturated heterocycles. The Morgan fingerprint density at radius 2 is 2.00 bits per heavy atom. The van der Waals surface area contributed by atoms with Crippen LogP contribution in [0.3, 0.4) is 0 Å². The summed E-state index contributed by atoms with van der Waals surface area (Å²) in [4.78, 5) is 20.0. The number of nitrogens with zero attached hydrogens (tertiary/aromatic N) is 3. The summed E-state index contributed by atoms with van der Waals surface area (Å²) < 4.78 is 26.9. The van der Waals surface area contributed by atoms with Crippen LogP contribution in [0.4, 0.5) is 5.13 Å². The van der Waals surface area contributed by atoms with Gasteiger partial charge in [0.1, 0.15) is 5.84 Å². The van der Waals surface area contributed by atoms with E-state index in [2.05, 4.69) is 45.9 Å². The average Bonchev–Trinajstić information content (AvgIpc) is 3.07. The Labute approximate surface area is 179 Å². The second-order valence-electron chi connectivity index (χ2n) is 7.17. The molecule has 4 rings (SSSR count). The van der Waals surface area contributed by atoms with E-state index in [1.165, 1.54) is 16.9 Å². The van der Waals surface area contributed by atoms with E-state index in [0.717, 1.165) is 29.0 Å². The van der Waals surface area contributed by atoms with Crippen molar-refractivity contribution in [3.8, 4) is 11.3 Å². The molecular formula is C21H22N4O3S2. The number of carbonyl (C=O) groups is 1. The summed E-state index contributed by atoms with van der Waals surface area (Å²) >= 11 is 1.43. The highest BCUT2D eigenvalue weighted by Gasteiger charge is 2.25. The van der Waals surface area contributed by atoms with Crippen LogP contribution in [0.25, 0.3) is 11.3 Å². The van der Waals surface area contributed by atoms with Crippen LogP contribution in [0.2, 0.25) is 0 Å².